The maximum atomic E-state index is 12.6. The van der Waals surface area contributed by atoms with Crippen LogP contribution in [0.3, 0.4) is 0 Å². The number of benzene rings is 1. The number of anilines is 2. The van der Waals surface area contributed by atoms with Gasteiger partial charge in [-0.05, 0) is 42.2 Å². The Balaban J connectivity index is 2.01. The zero-order chi connectivity index (χ0) is 18.7. The van der Waals surface area contributed by atoms with Gasteiger partial charge in [-0.1, -0.05) is 6.07 Å². The zero-order valence-electron chi connectivity index (χ0n) is 13.9. The van der Waals surface area contributed by atoms with Gasteiger partial charge in [-0.25, -0.2) is 8.42 Å². The molecular formula is C16H18N2O5S3. The molecule has 1 aliphatic heterocycles. The molecule has 140 valence electrons. The number of thiophene rings is 1. The SMILES string of the molecule is CC1Cc2cc(NS(=O)(=O)c3cccs3)c(OCCO)cc2NC(=S)O1. The summed E-state index contributed by atoms with van der Waals surface area (Å²) in [5, 5.41) is 14.0. The van der Waals surface area contributed by atoms with E-state index in [0.717, 1.165) is 16.9 Å². The molecule has 2 aromatic rings. The van der Waals surface area contributed by atoms with Crippen molar-refractivity contribution in [2.45, 2.75) is 23.7 Å². The molecule has 26 heavy (non-hydrogen) atoms. The van der Waals surface area contributed by atoms with Crippen LogP contribution in [0.25, 0.3) is 0 Å². The fourth-order valence-electron chi connectivity index (χ4n) is 2.55. The van der Waals surface area contributed by atoms with Crippen molar-refractivity contribution in [1.82, 2.24) is 0 Å². The molecule has 0 aliphatic carbocycles. The summed E-state index contributed by atoms with van der Waals surface area (Å²) in [5.41, 5.74) is 1.83. The molecule has 10 heteroatoms. The topological polar surface area (TPSA) is 96.9 Å². The van der Waals surface area contributed by atoms with Gasteiger partial charge in [0, 0.05) is 18.2 Å². The highest BCUT2D eigenvalue weighted by Crippen LogP contribution is 2.35. The van der Waals surface area contributed by atoms with Crippen LogP contribution in [-0.4, -0.2) is 38.0 Å². The second kappa shape index (κ2) is 7.78. The number of fused-ring (bicyclic) bond motifs is 1. The van der Waals surface area contributed by atoms with Crippen LogP contribution in [0.4, 0.5) is 11.4 Å². The third-order valence-electron chi connectivity index (χ3n) is 3.61. The third kappa shape index (κ3) is 4.26. The molecule has 0 radical (unpaired) electrons. The number of nitrogens with one attached hydrogen (secondary N) is 2. The monoisotopic (exact) mass is 414 g/mol. The molecule has 1 aliphatic rings. The summed E-state index contributed by atoms with van der Waals surface area (Å²) in [6.45, 7) is 1.72. The first-order chi connectivity index (χ1) is 12.4. The lowest BCUT2D eigenvalue weighted by atomic mass is 10.1. The van der Waals surface area contributed by atoms with Gasteiger partial charge < -0.3 is 19.9 Å². The zero-order valence-corrected chi connectivity index (χ0v) is 16.3. The average molecular weight is 415 g/mol. The van der Waals surface area contributed by atoms with Gasteiger partial charge >= 0.3 is 0 Å². The van der Waals surface area contributed by atoms with E-state index in [1.807, 2.05) is 6.92 Å². The van der Waals surface area contributed by atoms with E-state index >= 15 is 0 Å². The first kappa shape index (κ1) is 18.9. The number of rotatable bonds is 6. The molecule has 0 fully saturated rings. The lowest BCUT2D eigenvalue weighted by Gasteiger charge is -2.16. The van der Waals surface area contributed by atoms with E-state index in [4.69, 9.17) is 26.8 Å². The Kier molecular flexibility index (Phi) is 5.66. The molecule has 0 spiro atoms. The fourth-order valence-corrected chi connectivity index (χ4v) is 4.88. The van der Waals surface area contributed by atoms with Gasteiger partial charge in [0.1, 0.15) is 22.7 Å². The van der Waals surface area contributed by atoms with Crippen molar-refractivity contribution in [2.75, 3.05) is 23.3 Å². The summed E-state index contributed by atoms with van der Waals surface area (Å²) >= 11 is 6.25. The van der Waals surface area contributed by atoms with E-state index in [9.17, 15) is 8.42 Å². The molecule has 1 unspecified atom stereocenters. The van der Waals surface area contributed by atoms with Crippen LogP contribution in [0.2, 0.25) is 0 Å². The molecular weight excluding hydrogens is 396 g/mol. The molecule has 3 N–H and O–H groups in total. The summed E-state index contributed by atoms with van der Waals surface area (Å²) in [6.07, 6.45) is 0.401. The Morgan fingerprint density at radius 1 is 1.50 bits per heavy atom. The van der Waals surface area contributed by atoms with Crippen LogP contribution in [0.1, 0.15) is 12.5 Å². The Morgan fingerprint density at radius 2 is 2.31 bits per heavy atom. The minimum absolute atomic E-state index is 0.0316. The number of sulfonamides is 1. The highest BCUT2D eigenvalue weighted by atomic mass is 32.2. The molecule has 1 aromatic carbocycles. The molecule has 0 amide bonds. The molecule has 1 atom stereocenters. The third-order valence-corrected chi connectivity index (χ3v) is 6.57. The first-order valence-electron chi connectivity index (χ1n) is 7.83. The van der Waals surface area contributed by atoms with Gasteiger partial charge in [0.05, 0.1) is 12.3 Å². The predicted molar refractivity (Wildman–Crippen MR) is 105 cm³/mol. The number of aliphatic hydroxyl groups excluding tert-OH is 1. The summed E-state index contributed by atoms with van der Waals surface area (Å²) in [6, 6.07) is 6.56. The first-order valence-corrected chi connectivity index (χ1v) is 10.6. The molecule has 0 saturated carbocycles. The van der Waals surface area contributed by atoms with Crippen molar-refractivity contribution in [2.24, 2.45) is 0 Å². The highest BCUT2D eigenvalue weighted by molar-refractivity contribution is 7.94. The van der Waals surface area contributed by atoms with Gasteiger partial charge in [0.25, 0.3) is 15.2 Å². The van der Waals surface area contributed by atoms with Gasteiger partial charge in [0.2, 0.25) is 0 Å². The van der Waals surface area contributed by atoms with Crippen molar-refractivity contribution >= 4 is 50.1 Å². The molecule has 2 heterocycles. The molecule has 1 aromatic heterocycles. The Morgan fingerprint density at radius 3 is 3.00 bits per heavy atom. The normalized spacial score (nSPS) is 16.8. The largest absolute Gasteiger partial charge is 0.489 e. The van der Waals surface area contributed by atoms with Gasteiger partial charge in [-0.2, -0.15) is 0 Å². The lowest BCUT2D eigenvalue weighted by Crippen LogP contribution is -2.16. The van der Waals surface area contributed by atoms with Crippen molar-refractivity contribution in [3.05, 3.63) is 35.2 Å². The van der Waals surface area contributed by atoms with Crippen molar-refractivity contribution < 1.29 is 23.0 Å². The summed E-state index contributed by atoms with van der Waals surface area (Å²) in [4.78, 5) is 0. The highest BCUT2D eigenvalue weighted by Gasteiger charge is 2.23. The van der Waals surface area contributed by atoms with Crippen molar-refractivity contribution in [1.29, 1.82) is 0 Å². The number of thiocarbonyl (C=S) groups is 1. The van der Waals surface area contributed by atoms with E-state index < -0.39 is 10.0 Å². The lowest BCUT2D eigenvalue weighted by molar-refractivity contribution is 0.202. The van der Waals surface area contributed by atoms with Crippen molar-refractivity contribution in [3.8, 4) is 5.75 Å². The van der Waals surface area contributed by atoms with Gasteiger partial charge in [0.15, 0.2) is 0 Å². The van der Waals surface area contributed by atoms with Crippen LogP contribution < -0.4 is 14.8 Å². The summed E-state index contributed by atoms with van der Waals surface area (Å²) in [5.74, 6) is 0.294. The van der Waals surface area contributed by atoms with E-state index in [1.54, 1.807) is 23.6 Å². The molecule has 3 rings (SSSR count). The Hall–Kier alpha value is -1.88. The quantitative estimate of drug-likeness (QED) is 0.625. The number of aliphatic hydroxyl groups is 1. The minimum Gasteiger partial charge on any atom is -0.489 e. The Labute approximate surface area is 161 Å². The number of hydrogen-bond donors (Lipinski definition) is 3. The number of ether oxygens (including phenoxy) is 2. The fraction of sp³-hybridized carbons (Fsp3) is 0.312. The van der Waals surface area contributed by atoms with E-state index in [1.165, 1.54) is 6.07 Å². The summed E-state index contributed by atoms with van der Waals surface area (Å²) in [7, 11) is -3.73. The smallest absolute Gasteiger partial charge is 0.271 e. The van der Waals surface area contributed by atoms with Crippen LogP contribution in [0.15, 0.2) is 33.9 Å². The van der Waals surface area contributed by atoms with Crippen LogP contribution in [-0.2, 0) is 21.2 Å². The van der Waals surface area contributed by atoms with Crippen LogP contribution in [0, 0.1) is 0 Å². The van der Waals surface area contributed by atoms with Gasteiger partial charge in [-0.3, -0.25) is 4.72 Å². The maximum Gasteiger partial charge on any atom is 0.271 e. The Bertz CT molecular complexity index is 897. The molecule has 7 nitrogen and oxygen atoms in total. The maximum absolute atomic E-state index is 12.6. The standard InChI is InChI=1S/C16H18N2O5S3/c1-10-7-11-8-13(18-26(20,21)15-3-2-6-25-15)14(22-5-4-19)9-12(11)17-16(24)23-10/h2-3,6,8-10,18-19H,4-5,7H2,1H3,(H,17,24). The van der Waals surface area contributed by atoms with E-state index in [2.05, 4.69) is 10.0 Å². The van der Waals surface area contributed by atoms with E-state index in [0.29, 0.717) is 23.5 Å². The molecule has 0 bridgehead atoms. The molecule has 0 saturated heterocycles. The van der Waals surface area contributed by atoms with Crippen LogP contribution in [0.5, 0.6) is 5.75 Å². The second-order valence-electron chi connectivity index (χ2n) is 5.66. The van der Waals surface area contributed by atoms with Crippen LogP contribution >= 0.6 is 23.6 Å². The summed E-state index contributed by atoms with van der Waals surface area (Å²) < 4.78 is 39.0. The predicted octanol–water partition coefficient (Wildman–Crippen LogP) is 2.58. The number of hydrogen-bond acceptors (Lipinski definition) is 7. The van der Waals surface area contributed by atoms with Gasteiger partial charge in [-0.15, -0.1) is 11.3 Å². The second-order valence-corrected chi connectivity index (χ2v) is 8.89. The average Bonchev–Trinajstić information content (AvgIpc) is 3.06. The minimum atomic E-state index is -3.73. The van der Waals surface area contributed by atoms with Crippen molar-refractivity contribution in [3.63, 3.8) is 0 Å². The van der Waals surface area contributed by atoms with E-state index in [-0.39, 0.29) is 28.7 Å².